The van der Waals surface area contributed by atoms with E-state index in [-0.39, 0.29) is 88.2 Å². The van der Waals surface area contributed by atoms with Crippen LogP contribution in [0.1, 0.15) is 114 Å². The van der Waals surface area contributed by atoms with Crippen LogP contribution < -0.4 is 35.9 Å². The Balaban J connectivity index is 0.773. The molecule has 2 aliphatic rings. The molecule has 1 aromatic heterocycles. The quantitative estimate of drug-likeness (QED) is 0.0267. The molecule has 8 rings (SSSR count). The number of nitriles is 1. The normalized spacial score (nSPS) is 17.7. The highest BCUT2D eigenvalue weighted by Gasteiger charge is 2.61. The average molecular weight is 1260 g/mol. The number of methoxy groups -OCH3 is 1. The van der Waals surface area contributed by atoms with Gasteiger partial charge in [-0.15, -0.1) is 0 Å². The van der Waals surface area contributed by atoms with Crippen molar-refractivity contribution in [2.75, 3.05) is 89.9 Å². The number of nitrogens with zero attached hydrogens (tertiary/aromatic N) is 2. The number of aromatic amines is 1. The van der Waals surface area contributed by atoms with Gasteiger partial charge in [0.2, 0.25) is 5.91 Å². The second-order valence-corrected chi connectivity index (χ2v) is 24.6. The molecule has 6 aromatic rings. The van der Waals surface area contributed by atoms with Gasteiger partial charge in [-0.2, -0.15) is 5.26 Å². The zero-order valence-electron chi connectivity index (χ0n) is 51.8. The maximum Gasteiger partial charge on any atom is 0.251 e. The van der Waals surface area contributed by atoms with Crippen molar-refractivity contribution in [2.45, 2.75) is 110 Å². The number of amides is 2. The number of Topliss-reactive ketones (excluding diaryl/α,β-unsaturated/α-hetero) is 1. The van der Waals surface area contributed by atoms with E-state index in [1.54, 1.807) is 0 Å². The van der Waals surface area contributed by atoms with Gasteiger partial charge in [0.1, 0.15) is 35.2 Å². The molecule has 2 amide bonds. The molecule has 2 fully saturated rings. The first-order valence-electron chi connectivity index (χ1n) is 30.2. The number of hydrogen-bond donors (Lipinski definition) is 4. The Morgan fingerprint density at radius 2 is 1.55 bits per heavy atom. The number of halogens is 4. The summed E-state index contributed by atoms with van der Waals surface area (Å²) in [4.78, 5) is 60.0. The largest absolute Gasteiger partial charge is 0.495 e. The van der Waals surface area contributed by atoms with Crippen LogP contribution in [0.25, 0.3) is 11.1 Å². The number of aromatic nitrogens is 1. The molecule has 474 valence electrons. The minimum atomic E-state index is -1.82. The van der Waals surface area contributed by atoms with Gasteiger partial charge in [0, 0.05) is 89.4 Å². The molecule has 2 saturated heterocycles. The van der Waals surface area contributed by atoms with Crippen molar-refractivity contribution in [3.63, 3.8) is 0 Å². The van der Waals surface area contributed by atoms with Crippen LogP contribution in [0.5, 0.6) is 11.5 Å². The molecule has 0 saturated carbocycles. The van der Waals surface area contributed by atoms with Crippen LogP contribution in [0.3, 0.4) is 0 Å². The fraction of sp³-hybridized carbons (Fsp3) is 0.435. The predicted octanol–water partition coefficient (Wildman–Crippen LogP) is 12.2. The van der Waals surface area contributed by atoms with Crippen LogP contribution in [-0.2, 0) is 35.6 Å². The van der Waals surface area contributed by atoms with Crippen LogP contribution in [0, 0.1) is 49.2 Å². The number of nitrogens with one attached hydrogen (secondary N) is 4. The van der Waals surface area contributed by atoms with Crippen molar-refractivity contribution in [3.05, 3.63) is 174 Å². The number of benzene rings is 5. The van der Waals surface area contributed by atoms with E-state index in [1.807, 2.05) is 77.9 Å². The number of H-pyrrole nitrogens is 1. The number of rotatable bonds is 28. The molecule has 0 radical (unpaired) electrons. The summed E-state index contributed by atoms with van der Waals surface area (Å²) in [7, 11) is 1.38. The highest BCUT2D eigenvalue weighted by Crippen LogP contribution is 2.53. The number of carbonyl (C=O) groups excluding carboxylic acids is 3. The summed E-state index contributed by atoms with van der Waals surface area (Å²) in [6.45, 7) is 18.3. The molecule has 16 nitrogen and oxygen atoms in total. The van der Waals surface area contributed by atoms with Gasteiger partial charge < -0.3 is 54.3 Å². The maximum absolute atomic E-state index is 16.2. The highest BCUT2D eigenvalue weighted by molar-refractivity contribution is 6.31. The number of ether oxygens (including phenoxy) is 6. The monoisotopic (exact) mass is 1260 g/mol. The van der Waals surface area contributed by atoms with E-state index in [4.69, 9.17) is 51.6 Å². The molecule has 4 N–H and O–H groups in total. The third-order valence-corrected chi connectivity index (χ3v) is 17.0. The summed E-state index contributed by atoms with van der Waals surface area (Å²) < 4.78 is 66.7. The van der Waals surface area contributed by atoms with Gasteiger partial charge in [0.15, 0.2) is 5.78 Å². The molecular formula is C69H80Cl2F2N6O10. The summed E-state index contributed by atoms with van der Waals surface area (Å²) in [5, 5.41) is 20.1. The molecule has 5 aromatic carbocycles. The lowest BCUT2D eigenvalue weighted by atomic mass is 9.62. The Hall–Kier alpha value is -7.21. The lowest BCUT2D eigenvalue weighted by molar-refractivity contribution is -0.118. The van der Waals surface area contributed by atoms with E-state index >= 15 is 8.78 Å². The van der Waals surface area contributed by atoms with Gasteiger partial charge in [-0.1, -0.05) is 74.3 Å². The molecule has 20 heteroatoms. The second-order valence-electron chi connectivity index (χ2n) is 23.7. The second kappa shape index (κ2) is 31.0. The predicted molar refractivity (Wildman–Crippen MR) is 342 cm³/mol. The van der Waals surface area contributed by atoms with Crippen molar-refractivity contribution in [1.29, 1.82) is 5.26 Å². The Kier molecular flexibility index (Phi) is 23.6. The molecular weight excluding hydrogens is 1180 g/mol. The molecule has 89 heavy (non-hydrogen) atoms. The Morgan fingerprint density at radius 3 is 2.20 bits per heavy atom. The fourth-order valence-corrected chi connectivity index (χ4v) is 12.5. The Labute approximate surface area is 529 Å². The zero-order valence-corrected chi connectivity index (χ0v) is 53.4. The van der Waals surface area contributed by atoms with Gasteiger partial charge in [0.05, 0.1) is 69.6 Å². The van der Waals surface area contributed by atoms with Crippen LogP contribution in [0.2, 0.25) is 10.0 Å². The first kappa shape index (κ1) is 67.7. The fourth-order valence-electron chi connectivity index (χ4n) is 12.2. The maximum atomic E-state index is 16.2. The van der Waals surface area contributed by atoms with Crippen molar-refractivity contribution < 1.29 is 51.6 Å². The number of pyridine rings is 1. The smallest absolute Gasteiger partial charge is 0.251 e. The van der Waals surface area contributed by atoms with Crippen molar-refractivity contribution in [3.8, 4) is 28.7 Å². The van der Waals surface area contributed by atoms with Crippen LogP contribution in [0.4, 0.5) is 20.2 Å². The SMILES string of the molecule is CCN(c1cc(-c2ccc(OCCOCCOCCOCCNC(=O)c3ccc(NC(=O)C4N[C@@H](CC(C)(C)C)[C@](C#N)(c5ccc(Cl)cc5F)[C@H]4c4cccc(Cl)c4F)c(OC)c3)cc2)cc(C(=O)CCc2c(C)cc(C)[nH]c2=O)c1C)C1CCOCC1. The summed E-state index contributed by atoms with van der Waals surface area (Å²) in [5.74, 6) is -3.18. The Bertz CT molecular complexity index is 3570. The summed E-state index contributed by atoms with van der Waals surface area (Å²) in [6.07, 6.45) is 2.66. The third-order valence-electron chi connectivity index (χ3n) is 16.5. The molecule has 1 unspecified atom stereocenters. The molecule has 4 atom stereocenters. The van der Waals surface area contributed by atoms with Gasteiger partial charge in [0.25, 0.3) is 11.5 Å². The topological polar surface area (TPSA) is 203 Å². The van der Waals surface area contributed by atoms with Gasteiger partial charge >= 0.3 is 0 Å². The molecule has 2 aliphatic heterocycles. The van der Waals surface area contributed by atoms with Crippen molar-refractivity contribution in [2.24, 2.45) is 5.41 Å². The molecule has 0 aliphatic carbocycles. The van der Waals surface area contributed by atoms with E-state index in [2.05, 4.69) is 44.9 Å². The van der Waals surface area contributed by atoms with Crippen molar-refractivity contribution in [1.82, 2.24) is 15.6 Å². The lowest BCUT2D eigenvalue weighted by Gasteiger charge is -2.37. The van der Waals surface area contributed by atoms with E-state index in [9.17, 15) is 24.4 Å². The minimum Gasteiger partial charge on any atom is -0.495 e. The number of hydrogen-bond acceptors (Lipinski definition) is 13. The van der Waals surface area contributed by atoms with Gasteiger partial charge in [-0.25, -0.2) is 8.78 Å². The summed E-state index contributed by atoms with van der Waals surface area (Å²) >= 11 is 12.5. The molecule has 3 heterocycles. The third kappa shape index (κ3) is 16.6. The number of ketones is 1. The van der Waals surface area contributed by atoms with Crippen LogP contribution >= 0.6 is 23.2 Å². The molecule has 0 bridgehead atoms. The standard InChI is InChI=1S/C69H80Cl2F2N6O10/c1-9-79(49-23-26-85-27-24-49)58-37-47(36-53(44(58)4)59(80)22-19-51-42(2)35-43(3)76-66(51)82)45-13-17-50(18-14-45)89-34-33-88-32-31-87-30-29-86-28-25-75-65(81)46-15-21-57(60(38-46)84-8)77-67(83)64-62(52-11-10-12-55(71)63(52)73)69(41-74,61(78-64)40-68(5,6)7)54-20-16-48(70)39-56(54)72/h10-18,20-21,35-39,49,61-62,64,78H,9,19,22-34,40H2,1-8H3,(H,75,81)(H,76,82)(H,77,83)/t61-,62-,64?,69-/m0/s1. The number of aryl methyl sites for hydroxylation is 2. The van der Waals surface area contributed by atoms with E-state index in [1.165, 1.54) is 55.6 Å². The van der Waals surface area contributed by atoms with Gasteiger partial charge in [-0.3, -0.25) is 19.2 Å². The number of anilines is 2. The molecule has 0 spiro atoms. The van der Waals surface area contributed by atoms with Crippen LogP contribution in [0.15, 0.2) is 102 Å². The summed E-state index contributed by atoms with van der Waals surface area (Å²) in [6, 6.07) is 27.1. The first-order chi connectivity index (χ1) is 42.7. The Morgan fingerprint density at radius 1 is 0.854 bits per heavy atom. The van der Waals surface area contributed by atoms with E-state index in [0.29, 0.717) is 69.5 Å². The van der Waals surface area contributed by atoms with Gasteiger partial charge in [-0.05, 0) is 153 Å². The van der Waals surface area contributed by atoms with Crippen LogP contribution in [-0.4, -0.2) is 120 Å². The first-order valence-corrected chi connectivity index (χ1v) is 30.9. The van der Waals surface area contributed by atoms with E-state index < -0.39 is 52.3 Å². The average Bonchev–Trinajstić information content (AvgIpc) is 1.60. The zero-order chi connectivity index (χ0) is 64.0. The summed E-state index contributed by atoms with van der Waals surface area (Å²) in [5.41, 5.74) is 4.69. The highest BCUT2D eigenvalue weighted by atomic mass is 35.5. The minimum absolute atomic E-state index is 0.00979. The van der Waals surface area contributed by atoms with Crippen molar-refractivity contribution >= 4 is 52.2 Å². The number of carbonyl (C=O) groups is 3. The van der Waals surface area contributed by atoms with E-state index in [0.717, 1.165) is 59.1 Å². The lowest BCUT2D eigenvalue weighted by Crippen LogP contribution is -2.45.